The Kier molecular flexibility index (Phi) is 12.0. The molecule has 0 saturated carbocycles. The molecule has 0 aliphatic carbocycles. The molecule has 2 aromatic heterocycles. The molecule has 1 amide bonds. The van der Waals surface area contributed by atoms with E-state index in [0.29, 0.717) is 43.1 Å². The number of benzene rings is 4. The van der Waals surface area contributed by atoms with Crippen molar-refractivity contribution in [2.45, 2.75) is 30.2 Å². The van der Waals surface area contributed by atoms with Gasteiger partial charge in [-0.25, -0.2) is 23.1 Å². The number of pyridine rings is 2. The highest BCUT2D eigenvalue weighted by atomic mass is 32.2. The Morgan fingerprint density at radius 1 is 0.911 bits per heavy atom. The van der Waals surface area contributed by atoms with Gasteiger partial charge in [0.1, 0.15) is 27.9 Å². The first-order valence-corrected chi connectivity index (χ1v) is 20.2. The van der Waals surface area contributed by atoms with Crippen LogP contribution < -0.4 is 18.9 Å². The summed E-state index contributed by atoms with van der Waals surface area (Å²) in [5, 5.41) is 0.620. The number of fused-ring (bicyclic) bond motifs is 1. The van der Waals surface area contributed by atoms with Crippen molar-refractivity contribution in [2.24, 2.45) is 11.8 Å². The molecule has 0 radical (unpaired) electrons. The molecular formula is C44H42N4O6S2. The second-order valence-corrected chi connectivity index (χ2v) is 15.8. The van der Waals surface area contributed by atoms with Gasteiger partial charge >= 0.3 is 0 Å². The summed E-state index contributed by atoms with van der Waals surface area (Å²) in [4.78, 5) is 24.0. The highest BCUT2D eigenvalue weighted by Gasteiger charge is 2.34. The van der Waals surface area contributed by atoms with E-state index < -0.39 is 10.0 Å². The molecule has 6 aromatic rings. The number of carbonyl (C=O) groups excluding carboxylic acids is 1. The molecule has 7 rings (SSSR count). The van der Waals surface area contributed by atoms with E-state index in [0.717, 1.165) is 33.5 Å². The van der Waals surface area contributed by atoms with Crippen molar-refractivity contribution < 1.29 is 27.4 Å². The lowest BCUT2D eigenvalue weighted by atomic mass is 9.79. The normalized spacial score (nSPS) is 16.2. The number of hydrogen-bond donors (Lipinski definition) is 2. The molecule has 3 heterocycles. The summed E-state index contributed by atoms with van der Waals surface area (Å²) in [7, 11) is -2.25. The fraction of sp³-hybridized carbons (Fsp3) is 0.205. The van der Waals surface area contributed by atoms with Gasteiger partial charge in [0.15, 0.2) is 0 Å². The quantitative estimate of drug-likeness (QED) is 0.0829. The molecule has 0 spiro atoms. The van der Waals surface area contributed by atoms with Crippen LogP contribution in [0.4, 0.5) is 4.79 Å². The lowest BCUT2D eigenvalue weighted by molar-refractivity contribution is 0.129. The number of amides is 1. The maximum absolute atomic E-state index is 13.4. The predicted molar refractivity (Wildman–Crippen MR) is 221 cm³/mol. The molecular weight excluding hydrogens is 745 g/mol. The van der Waals surface area contributed by atoms with Gasteiger partial charge in [0, 0.05) is 36.1 Å². The Bertz CT molecular complexity index is 2400. The molecule has 1 fully saturated rings. The van der Waals surface area contributed by atoms with E-state index in [1.165, 1.54) is 18.3 Å². The Labute approximate surface area is 332 Å². The molecule has 12 heteroatoms. The summed E-state index contributed by atoms with van der Waals surface area (Å²) >= 11 is 4.27. The van der Waals surface area contributed by atoms with Gasteiger partial charge in [0.25, 0.3) is 5.24 Å². The molecule has 4 aromatic carbocycles. The van der Waals surface area contributed by atoms with Crippen LogP contribution >= 0.6 is 12.6 Å². The molecule has 0 bridgehead atoms. The largest absolute Gasteiger partial charge is 0.497 e. The fourth-order valence-electron chi connectivity index (χ4n) is 7.13. The number of nitrogens with zero attached hydrogens (tertiary/aromatic N) is 3. The average Bonchev–Trinajstić information content (AvgIpc) is 3.22. The third-order valence-electron chi connectivity index (χ3n) is 10.1. The Morgan fingerprint density at radius 2 is 1.59 bits per heavy atom. The van der Waals surface area contributed by atoms with Crippen LogP contribution in [-0.4, -0.2) is 54.8 Å². The Morgan fingerprint density at radius 3 is 2.23 bits per heavy atom. The zero-order chi connectivity index (χ0) is 39.1. The maximum atomic E-state index is 13.4. The molecule has 56 heavy (non-hydrogen) atoms. The van der Waals surface area contributed by atoms with E-state index >= 15 is 0 Å². The van der Waals surface area contributed by atoms with Gasteiger partial charge in [0.2, 0.25) is 15.9 Å². The first-order chi connectivity index (χ1) is 27.2. The van der Waals surface area contributed by atoms with Crippen LogP contribution in [0, 0.1) is 11.8 Å². The van der Waals surface area contributed by atoms with Gasteiger partial charge in [-0.1, -0.05) is 55.1 Å². The molecule has 1 saturated heterocycles. The van der Waals surface area contributed by atoms with Gasteiger partial charge in [-0.3, -0.25) is 4.79 Å². The number of aromatic nitrogens is 2. The van der Waals surface area contributed by atoms with E-state index in [1.807, 2.05) is 91.0 Å². The lowest BCUT2D eigenvalue weighted by Gasteiger charge is -2.41. The number of nitrogens with one attached hydrogen (secondary N) is 1. The van der Waals surface area contributed by atoms with Crippen molar-refractivity contribution in [3.05, 3.63) is 146 Å². The van der Waals surface area contributed by atoms with Crippen molar-refractivity contribution in [2.75, 3.05) is 20.2 Å². The monoisotopic (exact) mass is 786 g/mol. The van der Waals surface area contributed by atoms with Crippen LogP contribution in [0.2, 0.25) is 0 Å². The maximum Gasteiger partial charge on any atom is 0.278 e. The van der Waals surface area contributed by atoms with Gasteiger partial charge in [-0.05, 0) is 116 Å². The average molecular weight is 787 g/mol. The third-order valence-corrected chi connectivity index (χ3v) is 11.8. The second-order valence-electron chi connectivity index (χ2n) is 13.6. The molecule has 1 N–H and O–H groups in total. The van der Waals surface area contributed by atoms with E-state index in [4.69, 9.17) is 19.2 Å². The number of para-hydroxylation sites is 2. The van der Waals surface area contributed by atoms with Crippen LogP contribution in [0.1, 0.15) is 18.4 Å². The van der Waals surface area contributed by atoms with E-state index in [-0.39, 0.29) is 40.4 Å². The van der Waals surface area contributed by atoms with Gasteiger partial charge in [-0.15, -0.1) is 6.58 Å². The van der Waals surface area contributed by atoms with E-state index in [1.54, 1.807) is 30.2 Å². The predicted octanol–water partition coefficient (Wildman–Crippen LogP) is 9.34. The minimum Gasteiger partial charge on any atom is -0.497 e. The third kappa shape index (κ3) is 9.22. The number of methoxy groups -OCH3 is 1. The highest BCUT2D eigenvalue weighted by Crippen LogP contribution is 2.36. The summed E-state index contributed by atoms with van der Waals surface area (Å²) in [5.41, 5.74) is 3.50. The van der Waals surface area contributed by atoms with Crippen LogP contribution in [0.5, 0.6) is 28.9 Å². The van der Waals surface area contributed by atoms with Gasteiger partial charge < -0.3 is 19.1 Å². The molecule has 1 aliphatic rings. The zero-order valence-electron chi connectivity index (χ0n) is 30.8. The number of ether oxygens (including phenoxy) is 3. The number of thiol groups is 1. The molecule has 0 unspecified atom stereocenters. The van der Waals surface area contributed by atoms with Crippen molar-refractivity contribution in [1.29, 1.82) is 0 Å². The molecule has 286 valence electrons. The van der Waals surface area contributed by atoms with E-state index in [2.05, 4.69) is 35.0 Å². The van der Waals surface area contributed by atoms with Crippen LogP contribution in [0.25, 0.3) is 22.2 Å². The number of carbonyl (C=O) groups is 1. The summed E-state index contributed by atoms with van der Waals surface area (Å²) in [5.74, 6) is 2.90. The molecule has 3 atom stereocenters. The number of likely N-dealkylation sites (tertiary alicyclic amines) is 1. The van der Waals surface area contributed by atoms with Crippen molar-refractivity contribution in [3.8, 4) is 40.1 Å². The van der Waals surface area contributed by atoms with Crippen LogP contribution in [-0.2, 0) is 16.4 Å². The van der Waals surface area contributed by atoms with Crippen LogP contribution in [0.15, 0.2) is 145 Å². The number of hydrogen-bond acceptors (Lipinski definition) is 8. The first-order valence-electron chi connectivity index (χ1n) is 18.3. The molecule has 1 aliphatic heterocycles. The number of rotatable bonds is 14. The summed E-state index contributed by atoms with van der Waals surface area (Å²) in [6, 6.07) is 37.2. The zero-order valence-corrected chi connectivity index (χ0v) is 32.5. The minimum absolute atomic E-state index is 0.0308. The minimum atomic E-state index is -3.88. The van der Waals surface area contributed by atoms with Gasteiger partial charge in [0.05, 0.1) is 24.5 Å². The summed E-state index contributed by atoms with van der Waals surface area (Å²) in [6.07, 6.45) is 4.89. The van der Waals surface area contributed by atoms with Crippen LogP contribution in [0.3, 0.4) is 0 Å². The Balaban J connectivity index is 1.09. The van der Waals surface area contributed by atoms with Crippen molar-refractivity contribution in [1.82, 2.24) is 19.6 Å². The fourth-order valence-corrected chi connectivity index (χ4v) is 8.41. The molecule has 10 nitrogen and oxygen atoms in total. The van der Waals surface area contributed by atoms with Gasteiger partial charge in [-0.2, -0.15) is 0 Å². The van der Waals surface area contributed by atoms with E-state index in [9.17, 15) is 13.2 Å². The lowest BCUT2D eigenvalue weighted by Crippen LogP contribution is -2.47. The summed E-state index contributed by atoms with van der Waals surface area (Å²) in [6.45, 7) is 4.69. The standard InChI is InChI=1S/C44H42N4O6S2/c1-3-30(28-46-56(50,51)39-19-21-43(45-29-39)54-36-12-8-5-9-13-36)32-22-23-48(44(49)55)34(24-32)25-33-26-42(47-41-20-18-38(52-2)27-40(33)41)31-14-16-37(17-15-31)53-35-10-6-4-7-11-35/h3-21,26-27,29-30,32,34,46H,1,22-25,28H2,2H3,(H,49,55)/t30-,32-,34-/m0/s1. The topological polar surface area (TPSA) is 120 Å². The number of sulfonamides is 1. The second kappa shape index (κ2) is 17.4. The first kappa shape index (κ1) is 38.6. The summed E-state index contributed by atoms with van der Waals surface area (Å²) < 4.78 is 46.8. The number of piperidine rings is 1. The SMILES string of the molecule is C=C[C@@H](CNS(=O)(=O)c1ccc(Oc2ccccc2)nc1)[C@H]1CCN(C(=O)S)[C@H](Cc2cc(-c3ccc(Oc4ccccc4)cc3)nc3ccc(OC)cc23)C1. The Hall–Kier alpha value is -5.69. The smallest absolute Gasteiger partial charge is 0.278 e. The highest BCUT2D eigenvalue weighted by molar-refractivity contribution is 7.96. The van der Waals surface area contributed by atoms with Crippen molar-refractivity contribution in [3.63, 3.8) is 0 Å². The van der Waals surface area contributed by atoms with Crippen molar-refractivity contribution >= 4 is 38.8 Å².